The van der Waals surface area contributed by atoms with Crippen LogP contribution in [0.1, 0.15) is 0 Å². The molecular formula is C42H29BCl3N6O2. The standard InChI is InChI=1S/C21H14ClN3.C12H10BO2.C9H5Cl2N3/c22-21-24-19(16-10-5-2-6-11-16)23-20(25-21)18-13-7-12-17(14-18)15-8-3-1-4-9-15;14-13-15-12-8-4-7-11(9-12)10-5-2-1-3-6-10;10-8-12-7(13-9(11)14-8)6-4-2-1-3-5-6/h1-14H;1-9,14H;1-5H. The molecule has 0 atom stereocenters. The SMILES string of the molecule is Clc1nc(-c2ccccc2)nc(-c2cccc(-c3ccccc3)c2)n1.Clc1nc(Cl)nc(-c2ccccc2)n1.O[B]Oc1cccc(-c2ccccc2)c1. The van der Waals surface area contributed by atoms with Crippen LogP contribution in [0.2, 0.25) is 15.9 Å². The Balaban J connectivity index is 0.000000148. The third-order valence-electron chi connectivity index (χ3n) is 7.61. The summed E-state index contributed by atoms with van der Waals surface area (Å²) in [6.07, 6.45) is 0. The Kier molecular flexibility index (Phi) is 13.4. The second-order valence-electron chi connectivity index (χ2n) is 11.2. The van der Waals surface area contributed by atoms with E-state index in [1.54, 1.807) is 6.07 Å². The van der Waals surface area contributed by atoms with E-state index in [1.807, 2.05) is 140 Å². The first-order valence-corrected chi connectivity index (χ1v) is 17.6. The van der Waals surface area contributed by atoms with Crippen LogP contribution < -0.4 is 4.65 Å². The minimum atomic E-state index is 0.101. The number of hydrogen-bond acceptors (Lipinski definition) is 8. The highest BCUT2D eigenvalue weighted by Gasteiger charge is 2.10. The van der Waals surface area contributed by atoms with Crippen LogP contribution in [0.5, 0.6) is 5.75 Å². The van der Waals surface area contributed by atoms with Crippen molar-refractivity contribution in [3.8, 4) is 62.2 Å². The lowest BCUT2D eigenvalue weighted by Crippen LogP contribution is -1.99. The maximum atomic E-state index is 8.53. The van der Waals surface area contributed by atoms with Gasteiger partial charge in [0.15, 0.2) is 17.5 Å². The fourth-order valence-electron chi connectivity index (χ4n) is 5.15. The van der Waals surface area contributed by atoms with Crippen molar-refractivity contribution >= 4 is 42.5 Å². The van der Waals surface area contributed by atoms with E-state index in [2.05, 4.69) is 54.2 Å². The average Bonchev–Trinajstić information content (AvgIpc) is 3.22. The second-order valence-corrected chi connectivity index (χ2v) is 12.3. The molecule has 1 N–H and O–H groups in total. The number of rotatable bonds is 7. The molecule has 0 unspecified atom stereocenters. The summed E-state index contributed by atoms with van der Waals surface area (Å²) in [6.45, 7) is 0. The van der Waals surface area contributed by atoms with Gasteiger partial charge in [0, 0.05) is 16.7 Å². The molecule has 1 radical (unpaired) electrons. The lowest BCUT2D eigenvalue weighted by molar-refractivity contribution is 0.454. The molecule has 0 aliphatic heterocycles. The van der Waals surface area contributed by atoms with Crippen LogP contribution in [-0.2, 0) is 0 Å². The van der Waals surface area contributed by atoms with Crippen LogP contribution in [0, 0.1) is 0 Å². The van der Waals surface area contributed by atoms with Gasteiger partial charge in [-0.25, -0.2) is 4.98 Å². The van der Waals surface area contributed by atoms with Crippen molar-refractivity contribution < 1.29 is 9.68 Å². The highest BCUT2D eigenvalue weighted by atomic mass is 35.5. The minimum Gasteiger partial charge on any atom is -0.537 e. The Morgan fingerprint density at radius 1 is 0.352 bits per heavy atom. The summed E-state index contributed by atoms with van der Waals surface area (Å²) >= 11 is 17.5. The molecule has 0 saturated carbocycles. The molecule has 12 heteroatoms. The van der Waals surface area contributed by atoms with Crippen molar-refractivity contribution in [3.63, 3.8) is 0 Å². The van der Waals surface area contributed by atoms with Gasteiger partial charge in [-0.1, -0.05) is 152 Å². The molecule has 2 heterocycles. The highest BCUT2D eigenvalue weighted by Crippen LogP contribution is 2.27. The summed E-state index contributed by atoms with van der Waals surface area (Å²) in [5.41, 5.74) is 7.12. The van der Waals surface area contributed by atoms with Crippen molar-refractivity contribution in [2.24, 2.45) is 0 Å². The molecule has 2 aromatic heterocycles. The third kappa shape index (κ3) is 10.8. The van der Waals surface area contributed by atoms with E-state index < -0.39 is 0 Å². The fraction of sp³-hybridized carbons (Fsp3) is 0. The van der Waals surface area contributed by atoms with E-state index in [4.69, 9.17) is 44.5 Å². The van der Waals surface area contributed by atoms with Crippen molar-refractivity contribution in [1.29, 1.82) is 0 Å². The highest BCUT2D eigenvalue weighted by molar-refractivity contribution is 6.31. The van der Waals surface area contributed by atoms with Gasteiger partial charge in [-0.15, -0.1) is 0 Å². The predicted octanol–water partition coefficient (Wildman–Crippen LogP) is 10.6. The van der Waals surface area contributed by atoms with Crippen LogP contribution in [-0.4, -0.2) is 42.6 Å². The average molecular weight is 767 g/mol. The summed E-state index contributed by atoms with van der Waals surface area (Å²) in [5.74, 6) is 2.24. The number of aromatic nitrogens is 6. The van der Waals surface area contributed by atoms with Gasteiger partial charge in [0.2, 0.25) is 15.9 Å². The fourth-order valence-corrected chi connectivity index (χ4v) is 5.67. The van der Waals surface area contributed by atoms with Crippen molar-refractivity contribution in [2.45, 2.75) is 0 Å². The van der Waals surface area contributed by atoms with Crippen LogP contribution >= 0.6 is 34.8 Å². The maximum Gasteiger partial charge on any atom is 0.569 e. The number of hydrogen-bond donors (Lipinski definition) is 1. The Bertz CT molecular complexity index is 2380. The van der Waals surface area contributed by atoms with Gasteiger partial charge in [0.1, 0.15) is 5.75 Å². The molecule has 54 heavy (non-hydrogen) atoms. The Labute approximate surface area is 328 Å². The van der Waals surface area contributed by atoms with E-state index in [0.29, 0.717) is 30.9 Å². The second kappa shape index (κ2) is 19.2. The molecule has 0 aliphatic rings. The lowest BCUT2D eigenvalue weighted by Gasteiger charge is -2.07. The summed E-state index contributed by atoms with van der Waals surface area (Å²) in [6, 6.07) is 55.1. The third-order valence-corrected chi connectivity index (χ3v) is 8.12. The first kappa shape index (κ1) is 37.8. The van der Waals surface area contributed by atoms with Gasteiger partial charge < -0.3 is 9.68 Å². The van der Waals surface area contributed by atoms with Crippen LogP contribution in [0.25, 0.3) is 56.4 Å². The van der Waals surface area contributed by atoms with Gasteiger partial charge in [0.25, 0.3) is 0 Å². The summed E-state index contributed by atoms with van der Waals surface area (Å²) in [5, 5.41) is 8.92. The smallest absolute Gasteiger partial charge is 0.537 e. The molecule has 8 aromatic rings. The van der Waals surface area contributed by atoms with E-state index in [1.165, 1.54) is 0 Å². The van der Waals surface area contributed by atoms with Gasteiger partial charge >= 0.3 is 7.69 Å². The van der Waals surface area contributed by atoms with Gasteiger partial charge in [0.05, 0.1) is 0 Å². The quantitative estimate of drug-likeness (QED) is 0.160. The minimum absolute atomic E-state index is 0.101. The molecule has 0 fully saturated rings. The molecule has 0 aliphatic carbocycles. The van der Waals surface area contributed by atoms with Gasteiger partial charge in [-0.3, -0.25) is 0 Å². The molecule has 6 aromatic carbocycles. The first-order chi connectivity index (χ1) is 26.4. The summed E-state index contributed by atoms with van der Waals surface area (Å²) < 4.78 is 4.90. The summed E-state index contributed by atoms with van der Waals surface area (Å²) in [4.78, 5) is 24.8. The summed E-state index contributed by atoms with van der Waals surface area (Å²) in [7, 11) is 0.685. The first-order valence-electron chi connectivity index (χ1n) is 16.5. The van der Waals surface area contributed by atoms with Gasteiger partial charge in [-0.2, -0.15) is 24.9 Å². The van der Waals surface area contributed by atoms with Crippen LogP contribution in [0.3, 0.4) is 0 Å². The number of benzene rings is 6. The lowest BCUT2D eigenvalue weighted by atomic mass is 10.0. The van der Waals surface area contributed by atoms with Crippen molar-refractivity contribution in [1.82, 2.24) is 29.9 Å². The number of nitrogens with zero attached hydrogens (tertiary/aromatic N) is 6. The molecule has 0 bridgehead atoms. The Morgan fingerprint density at radius 2 is 0.704 bits per heavy atom. The Hall–Kier alpha value is -5.97. The molecule has 8 nitrogen and oxygen atoms in total. The van der Waals surface area contributed by atoms with Crippen molar-refractivity contribution in [3.05, 3.63) is 186 Å². The van der Waals surface area contributed by atoms with E-state index in [9.17, 15) is 0 Å². The normalized spacial score (nSPS) is 10.2. The largest absolute Gasteiger partial charge is 0.569 e. The maximum absolute atomic E-state index is 8.53. The van der Waals surface area contributed by atoms with Crippen LogP contribution in [0.15, 0.2) is 170 Å². The molecule has 0 spiro atoms. The number of halogens is 3. The van der Waals surface area contributed by atoms with Gasteiger partial charge in [-0.05, 0) is 75.3 Å². The van der Waals surface area contributed by atoms with E-state index in [0.717, 1.165) is 38.9 Å². The Morgan fingerprint density at radius 3 is 1.19 bits per heavy atom. The predicted molar refractivity (Wildman–Crippen MR) is 217 cm³/mol. The monoisotopic (exact) mass is 765 g/mol. The molecule has 8 rings (SSSR count). The van der Waals surface area contributed by atoms with Crippen LogP contribution in [0.4, 0.5) is 0 Å². The molecule has 0 saturated heterocycles. The molecular weight excluding hydrogens is 738 g/mol. The van der Waals surface area contributed by atoms with E-state index in [-0.39, 0.29) is 15.9 Å². The molecule has 0 amide bonds. The zero-order valence-electron chi connectivity index (χ0n) is 28.4. The van der Waals surface area contributed by atoms with Crippen molar-refractivity contribution in [2.75, 3.05) is 0 Å². The molecule has 263 valence electrons. The van der Waals surface area contributed by atoms with E-state index >= 15 is 0 Å². The zero-order chi connectivity index (χ0) is 37.5. The topological polar surface area (TPSA) is 107 Å². The zero-order valence-corrected chi connectivity index (χ0v) is 30.7.